The molecule has 0 bridgehead atoms. The molecular formula is C20H23N3O3. The molecule has 2 aromatic rings. The summed E-state index contributed by atoms with van der Waals surface area (Å²) in [7, 11) is 1.79. The zero-order valence-electron chi connectivity index (χ0n) is 15.1. The summed E-state index contributed by atoms with van der Waals surface area (Å²) in [6.45, 7) is 3.48. The van der Waals surface area contributed by atoms with Crippen molar-refractivity contribution in [3.05, 3.63) is 69.1 Å². The normalized spacial score (nSPS) is 12.8. The summed E-state index contributed by atoms with van der Waals surface area (Å²) in [5.41, 5.74) is 3.03. The molecule has 0 unspecified atom stereocenters. The lowest BCUT2D eigenvalue weighted by Crippen LogP contribution is -2.31. The number of nitrogens with one attached hydrogen (secondary N) is 1. The first-order chi connectivity index (χ1) is 12.5. The van der Waals surface area contributed by atoms with Crippen molar-refractivity contribution in [1.29, 1.82) is 0 Å². The molecule has 1 aromatic heterocycles. The molecule has 1 aliphatic rings. The fourth-order valence-corrected chi connectivity index (χ4v) is 3.10. The standard InChI is InChI=1S/C20H23N3O3/c1-14-10-18(24)17(13-22(14)2)20(26)21-9-5-8-19(25)23-11-15-6-3-4-7-16(15)12-23/h3-4,6-7,10,13H,5,8-9,11-12H2,1-2H3,(H,21,26). The van der Waals surface area contributed by atoms with Gasteiger partial charge in [-0.15, -0.1) is 0 Å². The Hall–Kier alpha value is -2.89. The molecule has 2 heterocycles. The summed E-state index contributed by atoms with van der Waals surface area (Å²) in [4.78, 5) is 38.2. The van der Waals surface area contributed by atoms with Crippen molar-refractivity contribution in [1.82, 2.24) is 14.8 Å². The molecule has 1 aliphatic heterocycles. The molecule has 1 N–H and O–H groups in total. The Labute approximate surface area is 152 Å². The topological polar surface area (TPSA) is 71.4 Å². The van der Waals surface area contributed by atoms with Crippen molar-refractivity contribution in [3.8, 4) is 0 Å². The lowest BCUT2D eigenvalue weighted by Gasteiger charge is -2.15. The minimum absolute atomic E-state index is 0.0849. The van der Waals surface area contributed by atoms with Crippen molar-refractivity contribution in [2.24, 2.45) is 7.05 Å². The van der Waals surface area contributed by atoms with Crippen LogP contribution in [0.15, 0.2) is 41.3 Å². The van der Waals surface area contributed by atoms with Gasteiger partial charge in [0.2, 0.25) is 5.91 Å². The van der Waals surface area contributed by atoms with Gasteiger partial charge in [0.25, 0.3) is 5.91 Å². The van der Waals surface area contributed by atoms with Crippen LogP contribution in [-0.4, -0.2) is 27.8 Å². The molecule has 1 aromatic carbocycles. The SMILES string of the molecule is Cc1cc(=O)c(C(=O)NCCCC(=O)N2Cc3ccccc3C2)cn1C. The van der Waals surface area contributed by atoms with Gasteiger partial charge in [0.1, 0.15) is 5.56 Å². The van der Waals surface area contributed by atoms with Crippen LogP contribution in [0.5, 0.6) is 0 Å². The molecule has 136 valence electrons. The second-order valence-electron chi connectivity index (χ2n) is 6.68. The van der Waals surface area contributed by atoms with Gasteiger partial charge in [0.15, 0.2) is 5.43 Å². The largest absolute Gasteiger partial charge is 0.354 e. The summed E-state index contributed by atoms with van der Waals surface area (Å²) >= 11 is 0. The average molecular weight is 353 g/mol. The van der Waals surface area contributed by atoms with E-state index in [1.54, 1.807) is 17.8 Å². The van der Waals surface area contributed by atoms with Crippen LogP contribution in [0.4, 0.5) is 0 Å². The zero-order valence-corrected chi connectivity index (χ0v) is 15.1. The molecule has 0 spiro atoms. The van der Waals surface area contributed by atoms with Crippen LogP contribution in [0.1, 0.15) is 40.0 Å². The molecule has 6 nitrogen and oxygen atoms in total. The number of benzene rings is 1. The van der Waals surface area contributed by atoms with Crippen LogP contribution in [-0.2, 0) is 24.9 Å². The number of pyridine rings is 1. The van der Waals surface area contributed by atoms with Gasteiger partial charge in [-0.3, -0.25) is 14.4 Å². The third kappa shape index (κ3) is 3.85. The molecule has 0 fully saturated rings. The van der Waals surface area contributed by atoms with Crippen molar-refractivity contribution in [2.45, 2.75) is 32.9 Å². The average Bonchev–Trinajstić information content (AvgIpc) is 3.05. The predicted octanol–water partition coefficient (Wildman–Crippen LogP) is 1.75. The lowest BCUT2D eigenvalue weighted by atomic mass is 10.1. The van der Waals surface area contributed by atoms with Crippen molar-refractivity contribution >= 4 is 11.8 Å². The van der Waals surface area contributed by atoms with Gasteiger partial charge in [-0.25, -0.2) is 0 Å². The Bertz CT molecular complexity index is 876. The summed E-state index contributed by atoms with van der Waals surface area (Å²) in [5.74, 6) is -0.312. The maximum atomic E-state index is 12.3. The van der Waals surface area contributed by atoms with Crippen LogP contribution in [0.25, 0.3) is 0 Å². The first-order valence-corrected chi connectivity index (χ1v) is 8.76. The van der Waals surface area contributed by atoms with Crippen LogP contribution in [0, 0.1) is 6.92 Å². The fourth-order valence-electron chi connectivity index (χ4n) is 3.10. The van der Waals surface area contributed by atoms with Gasteiger partial charge in [0.05, 0.1) is 0 Å². The van der Waals surface area contributed by atoms with Gasteiger partial charge in [-0.1, -0.05) is 24.3 Å². The second-order valence-corrected chi connectivity index (χ2v) is 6.68. The molecule has 0 saturated carbocycles. The third-order valence-corrected chi connectivity index (χ3v) is 4.78. The van der Waals surface area contributed by atoms with E-state index >= 15 is 0 Å². The van der Waals surface area contributed by atoms with Gasteiger partial charge in [0, 0.05) is 51.1 Å². The molecule has 2 amide bonds. The number of aromatic nitrogens is 1. The predicted molar refractivity (Wildman–Crippen MR) is 98.7 cm³/mol. The Kier molecular flexibility index (Phi) is 5.21. The molecule has 0 radical (unpaired) electrons. The van der Waals surface area contributed by atoms with E-state index in [0.717, 1.165) is 5.69 Å². The van der Waals surface area contributed by atoms with Gasteiger partial charge >= 0.3 is 0 Å². The lowest BCUT2D eigenvalue weighted by molar-refractivity contribution is -0.131. The zero-order chi connectivity index (χ0) is 18.7. The highest BCUT2D eigenvalue weighted by atomic mass is 16.2. The van der Waals surface area contributed by atoms with E-state index in [-0.39, 0.29) is 16.9 Å². The monoisotopic (exact) mass is 353 g/mol. The van der Waals surface area contributed by atoms with Crippen LogP contribution >= 0.6 is 0 Å². The molecule has 0 aliphatic carbocycles. The number of amides is 2. The molecule has 26 heavy (non-hydrogen) atoms. The summed E-state index contributed by atoms with van der Waals surface area (Å²) < 4.78 is 1.74. The van der Waals surface area contributed by atoms with E-state index in [0.29, 0.717) is 32.5 Å². The number of aryl methyl sites for hydroxylation is 2. The van der Waals surface area contributed by atoms with E-state index in [9.17, 15) is 14.4 Å². The third-order valence-electron chi connectivity index (χ3n) is 4.78. The smallest absolute Gasteiger partial charge is 0.256 e. The highest BCUT2D eigenvalue weighted by molar-refractivity contribution is 5.93. The molecular weight excluding hydrogens is 330 g/mol. The molecule has 3 rings (SSSR count). The van der Waals surface area contributed by atoms with Gasteiger partial charge in [-0.2, -0.15) is 0 Å². The number of hydrogen-bond donors (Lipinski definition) is 1. The van der Waals surface area contributed by atoms with Crippen molar-refractivity contribution in [2.75, 3.05) is 6.54 Å². The van der Waals surface area contributed by atoms with E-state index in [1.165, 1.54) is 17.2 Å². The highest BCUT2D eigenvalue weighted by Gasteiger charge is 2.22. The van der Waals surface area contributed by atoms with Crippen molar-refractivity contribution in [3.63, 3.8) is 0 Å². The number of hydrogen-bond acceptors (Lipinski definition) is 3. The van der Waals surface area contributed by atoms with Crippen LogP contribution in [0.2, 0.25) is 0 Å². The van der Waals surface area contributed by atoms with Gasteiger partial charge < -0.3 is 14.8 Å². The van der Waals surface area contributed by atoms with Crippen LogP contribution in [0.3, 0.4) is 0 Å². The number of fused-ring (bicyclic) bond motifs is 1. The highest BCUT2D eigenvalue weighted by Crippen LogP contribution is 2.22. The number of rotatable bonds is 5. The summed E-state index contributed by atoms with van der Waals surface area (Å²) in [6.07, 6.45) is 2.46. The number of carbonyl (C=O) groups is 2. The van der Waals surface area contributed by atoms with E-state index in [2.05, 4.69) is 5.32 Å². The minimum atomic E-state index is -0.397. The minimum Gasteiger partial charge on any atom is -0.354 e. The molecule has 0 atom stereocenters. The first-order valence-electron chi connectivity index (χ1n) is 8.76. The van der Waals surface area contributed by atoms with Gasteiger partial charge in [-0.05, 0) is 24.5 Å². The first kappa shape index (κ1) is 17.9. The summed E-state index contributed by atoms with van der Waals surface area (Å²) in [5, 5.41) is 2.73. The molecule has 6 heteroatoms. The molecule has 0 saturated heterocycles. The van der Waals surface area contributed by atoms with E-state index in [4.69, 9.17) is 0 Å². The van der Waals surface area contributed by atoms with E-state index < -0.39 is 5.91 Å². The van der Waals surface area contributed by atoms with E-state index in [1.807, 2.05) is 36.1 Å². The Morgan fingerprint density at radius 2 is 1.81 bits per heavy atom. The maximum Gasteiger partial charge on any atom is 0.256 e. The van der Waals surface area contributed by atoms with Crippen molar-refractivity contribution < 1.29 is 9.59 Å². The quantitative estimate of drug-likeness (QED) is 0.833. The van der Waals surface area contributed by atoms with Crippen LogP contribution < -0.4 is 10.7 Å². The number of carbonyl (C=O) groups excluding carboxylic acids is 2. The number of nitrogens with zero attached hydrogens (tertiary/aromatic N) is 2. The maximum absolute atomic E-state index is 12.3. The summed E-state index contributed by atoms with van der Waals surface area (Å²) in [6, 6.07) is 9.51. The Balaban J connectivity index is 1.46. The Morgan fingerprint density at radius 3 is 2.46 bits per heavy atom. The Morgan fingerprint density at radius 1 is 1.15 bits per heavy atom. The second kappa shape index (κ2) is 7.56. The fraction of sp³-hybridized carbons (Fsp3) is 0.350.